The van der Waals surface area contributed by atoms with Gasteiger partial charge in [-0.25, -0.2) is 4.39 Å². The molecule has 0 bridgehead atoms. The van der Waals surface area contributed by atoms with Gasteiger partial charge < -0.3 is 0 Å². The van der Waals surface area contributed by atoms with Crippen LogP contribution in [0.3, 0.4) is 0 Å². The Labute approximate surface area is 115 Å². The Morgan fingerprint density at radius 2 is 2.06 bits per heavy atom. The van der Waals surface area contributed by atoms with Gasteiger partial charge in [0, 0.05) is 29.9 Å². The van der Waals surface area contributed by atoms with Crippen molar-refractivity contribution in [3.63, 3.8) is 0 Å². The second kappa shape index (κ2) is 5.93. The van der Waals surface area contributed by atoms with Crippen LogP contribution in [0.15, 0.2) is 22.7 Å². The average Bonchev–Trinajstić information content (AvgIpc) is 2.33. The maximum Gasteiger partial charge on any atom is 0.133 e. The molecule has 18 heavy (non-hydrogen) atoms. The number of carbonyl (C=O) groups is 1. The molecular weight excluding hydrogens is 297 g/mol. The van der Waals surface area contributed by atoms with E-state index in [1.165, 1.54) is 12.1 Å². The molecular formula is C14H17BrFNO. The van der Waals surface area contributed by atoms with Gasteiger partial charge in [-0.1, -0.05) is 22.0 Å². The van der Waals surface area contributed by atoms with E-state index in [9.17, 15) is 9.18 Å². The normalized spacial score (nSPS) is 17.4. The molecule has 0 atom stereocenters. The van der Waals surface area contributed by atoms with Crippen LogP contribution < -0.4 is 0 Å². The van der Waals surface area contributed by atoms with E-state index in [0.717, 1.165) is 29.4 Å². The lowest BCUT2D eigenvalue weighted by Crippen LogP contribution is -2.34. The third-order valence-electron chi connectivity index (χ3n) is 3.57. The number of Topliss-reactive ketones (excluding diaryl/α,β-unsaturated/α-hetero) is 1. The van der Waals surface area contributed by atoms with Gasteiger partial charge in [0.2, 0.25) is 0 Å². The lowest BCUT2D eigenvalue weighted by Gasteiger charge is -2.30. The topological polar surface area (TPSA) is 20.3 Å². The number of ketones is 1. The van der Waals surface area contributed by atoms with Crippen molar-refractivity contribution in [3.05, 3.63) is 34.1 Å². The first-order chi connectivity index (χ1) is 8.56. The van der Waals surface area contributed by atoms with Crippen LogP contribution in [0.25, 0.3) is 0 Å². The molecule has 1 aromatic carbocycles. The molecule has 0 heterocycles. The molecule has 2 rings (SSSR count). The van der Waals surface area contributed by atoms with Crippen LogP contribution in [0.1, 0.15) is 31.2 Å². The molecule has 1 aliphatic rings. The van der Waals surface area contributed by atoms with Crippen LogP contribution >= 0.6 is 15.9 Å². The Morgan fingerprint density at radius 1 is 1.39 bits per heavy atom. The van der Waals surface area contributed by atoms with Crippen molar-refractivity contribution in [2.24, 2.45) is 0 Å². The van der Waals surface area contributed by atoms with E-state index in [2.05, 4.69) is 27.9 Å². The minimum Gasteiger partial charge on any atom is -0.300 e. The van der Waals surface area contributed by atoms with Crippen LogP contribution in [0.2, 0.25) is 0 Å². The molecule has 1 aromatic rings. The van der Waals surface area contributed by atoms with E-state index < -0.39 is 0 Å². The van der Waals surface area contributed by atoms with Crippen molar-refractivity contribution >= 4 is 21.7 Å². The Balaban J connectivity index is 1.98. The van der Waals surface area contributed by atoms with Gasteiger partial charge in [-0.3, -0.25) is 9.69 Å². The molecule has 0 amide bonds. The van der Waals surface area contributed by atoms with Crippen molar-refractivity contribution < 1.29 is 9.18 Å². The first kappa shape index (κ1) is 13.7. The molecule has 1 aliphatic carbocycles. The van der Waals surface area contributed by atoms with Gasteiger partial charge in [-0.2, -0.15) is 0 Å². The van der Waals surface area contributed by atoms with Crippen molar-refractivity contribution in [2.75, 3.05) is 7.05 Å². The highest BCUT2D eigenvalue weighted by atomic mass is 79.9. The van der Waals surface area contributed by atoms with Gasteiger partial charge in [0.05, 0.1) is 0 Å². The third-order valence-corrected chi connectivity index (χ3v) is 4.31. The number of carbonyl (C=O) groups excluding carboxylic acids is 1. The summed E-state index contributed by atoms with van der Waals surface area (Å²) in [5, 5.41) is 0. The molecule has 0 radical (unpaired) electrons. The van der Waals surface area contributed by atoms with Gasteiger partial charge in [0.15, 0.2) is 0 Å². The number of nitrogens with zero attached hydrogens (tertiary/aromatic N) is 1. The molecule has 1 saturated carbocycles. The van der Waals surface area contributed by atoms with E-state index in [-0.39, 0.29) is 5.82 Å². The molecule has 0 spiro atoms. The van der Waals surface area contributed by atoms with Gasteiger partial charge in [0.25, 0.3) is 0 Å². The van der Waals surface area contributed by atoms with Crippen LogP contribution in [0.5, 0.6) is 0 Å². The predicted octanol–water partition coefficient (Wildman–Crippen LogP) is 3.53. The van der Waals surface area contributed by atoms with Crippen LogP contribution in [-0.2, 0) is 11.3 Å². The van der Waals surface area contributed by atoms with E-state index in [0.29, 0.717) is 24.7 Å². The van der Waals surface area contributed by atoms with Gasteiger partial charge in [-0.05, 0) is 37.6 Å². The Kier molecular flexibility index (Phi) is 4.51. The van der Waals surface area contributed by atoms with Gasteiger partial charge >= 0.3 is 0 Å². The standard InChI is InChI=1S/C14H17BrFNO/c1-17(12-4-6-13(18)7-5-12)9-10-2-3-11(16)8-14(10)15/h2-3,8,12H,4-7,9H2,1H3. The summed E-state index contributed by atoms with van der Waals surface area (Å²) < 4.78 is 13.8. The Morgan fingerprint density at radius 3 is 2.67 bits per heavy atom. The quantitative estimate of drug-likeness (QED) is 0.851. The highest BCUT2D eigenvalue weighted by Crippen LogP contribution is 2.24. The zero-order valence-corrected chi connectivity index (χ0v) is 12.0. The Hall–Kier alpha value is -0.740. The summed E-state index contributed by atoms with van der Waals surface area (Å²) in [7, 11) is 2.07. The van der Waals surface area contributed by atoms with E-state index in [1.807, 2.05) is 6.07 Å². The summed E-state index contributed by atoms with van der Waals surface area (Å²) in [6, 6.07) is 5.25. The molecule has 0 unspecified atom stereocenters. The predicted molar refractivity (Wildman–Crippen MR) is 72.8 cm³/mol. The fourth-order valence-electron chi connectivity index (χ4n) is 2.41. The first-order valence-electron chi connectivity index (χ1n) is 6.22. The van der Waals surface area contributed by atoms with E-state index in [1.54, 1.807) is 0 Å². The molecule has 4 heteroatoms. The maximum atomic E-state index is 13.0. The monoisotopic (exact) mass is 313 g/mol. The molecule has 2 nitrogen and oxygen atoms in total. The fourth-order valence-corrected chi connectivity index (χ4v) is 2.89. The van der Waals surface area contributed by atoms with Crippen molar-refractivity contribution in [1.29, 1.82) is 0 Å². The first-order valence-corrected chi connectivity index (χ1v) is 7.01. The average molecular weight is 314 g/mol. The number of rotatable bonds is 3. The lowest BCUT2D eigenvalue weighted by atomic mass is 9.93. The van der Waals surface area contributed by atoms with Crippen LogP contribution in [-0.4, -0.2) is 23.8 Å². The van der Waals surface area contributed by atoms with Crippen molar-refractivity contribution in [1.82, 2.24) is 4.90 Å². The second-order valence-corrected chi connectivity index (χ2v) is 5.78. The zero-order valence-electron chi connectivity index (χ0n) is 10.5. The van der Waals surface area contributed by atoms with Gasteiger partial charge in [0.1, 0.15) is 11.6 Å². The molecule has 0 N–H and O–H groups in total. The molecule has 0 aromatic heterocycles. The van der Waals surface area contributed by atoms with E-state index >= 15 is 0 Å². The summed E-state index contributed by atoms with van der Waals surface area (Å²) in [6.45, 7) is 0.778. The second-order valence-electron chi connectivity index (χ2n) is 4.92. The molecule has 1 fully saturated rings. The summed E-state index contributed by atoms with van der Waals surface area (Å²) >= 11 is 3.39. The number of halogens is 2. The summed E-state index contributed by atoms with van der Waals surface area (Å²) in [6.07, 6.45) is 3.27. The summed E-state index contributed by atoms with van der Waals surface area (Å²) in [4.78, 5) is 13.5. The summed E-state index contributed by atoms with van der Waals surface area (Å²) in [5.41, 5.74) is 1.08. The van der Waals surface area contributed by atoms with E-state index in [4.69, 9.17) is 0 Å². The number of hydrogen-bond donors (Lipinski definition) is 0. The van der Waals surface area contributed by atoms with Crippen LogP contribution in [0, 0.1) is 5.82 Å². The third kappa shape index (κ3) is 3.39. The minimum atomic E-state index is -0.225. The minimum absolute atomic E-state index is 0.225. The zero-order chi connectivity index (χ0) is 13.1. The highest BCUT2D eigenvalue weighted by molar-refractivity contribution is 9.10. The SMILES string of the molecule is CN(Cc1ccc(F)cc1Br)C1CCC(=O)CC1. The lowest BCUT2D eigenvalue weighted by molar-refractivity contribution is -0.121. The molecule has 98 valence electrons. The van der Waals surface area contributed by atoms with Crippen molar-refractivity contribution in [2.45, 2.75) is 38.3 Å². The van der Waals surface area contributed by atoms with Gasteiger partial charge in [-0.15, -0.1) is 0 Å². The smallest absolute Gasteiger partial charge is 0.133 e. The fraction of sp³-hybridized carbons (Fsp3) is 0.500. The number of hydrogen-bond acceptors (Lipinski definition) is 2. The van der Waals surface area contributed by atoms with Crippen LogP contribution in [0.4, 0.5) is 4.39 Å². The number of benzene rings is 1. The highest BCUT2D eigenvalue weighted by Gasteiger charge is 2.22. The largest absolute Gasteiger partial charge is 0.300 e. The molecule has 0 saturated heterocycles. The maximum absolute atomic E-state index is 13.0. The summed E-state index contributed by atoms with van der Waals surface area (Å²) in [5.74, 6) is 0.152. The van der Waals surface area contributed by atoms with Crippen molar-refractivity contribution in [3.8, 4) is 0 Å². The molecule has 0 aliphatic heterocycles. The Bertz CT molecular complexity index is 439.